The maximum atomic E-state index is 13.2. The zero-order chi connectivity index (χ0) is 22.2. The van der Waals surface area contributed by atoms with E-state index in [2.05, 4.69) is 5.32 Å². The Hall–Kier alpha value is -4.11. The van der Waals surface area contributed by atoms with E-state index in [0.717, 1.165) is 16.5 Å². The lowest BCUT2D eigenvalue weighted by Gasteiger charge is -2.23. The third-order valence-corrected chi connectivity index (χ3v) is 4.75. The minimum absolute atomic E-state index is 0.106. The van der Waals surface area contributed by atoms with Gasteiger partial charge in [-0.15, -0.1) is 0 Å². The summed E-state index contributed by atoms with van der Waals surface area (Å²) in [5.74, 6) is -0.789. The first kappa shape index (κ1) is 21.6. The predicted molar refractivity (Wildman–Crippen MR) is 122 cm³/mol. The molecule has 0 saturated heterocycles. The van der Waals surface area contributed by atoms with E-state index >= 15 is 0 Å². The van der Waals surface area contributed by atoms with Gasteiger partial charge in [0.1, 0.15) is 6.07 Å². The molecule has 1 N–H and O–H groups in total. The molecule has 0 unspecified atom stereocenters. The van der Waals surface area contributed by atoms with E-state index in [1.165, 1.54) is 6.20 Å². The van der Waals surface area contributed by atoms with E-state index in [9.17, 15) is 9.59 Å². The lowest BCUT2D eigenvalue weighted by atomic mass is 10.1. The molecule has 3 aromatic rings. The maximum Gasteiger partial charge on any atom is 0.350 e. The van der Waals surface area contributed by atoms with Crippen LogP contribution in [0.4, 0.5) is 11.4 Å². The van der Waals surface area contributed by atoms with Crippen LogP contribution in [0.15, 0.2) is 78.5 Å². The second-order valence-corrected chi connectivity index (χ2v) is 6.66. The average Bonchev–Trinajstić information content (AvgIpc) is 2.80. The maximum absolute atomic E-state index is 13.2. The summed E-state index contributed by atoms with van der Waals surface area (Å²) in [6, 6.07) is 22.6. The Kier molecular flexibility index (Phi) is 7.02. The number of rotatable bonds is 7. The van der Waals surface area contributed by atoms with E-state index in [4.69, 9.17) is 10.00 Å². The Balaban J connectivity index is 1.80. The molecule has 0 heterocycles. The van der Waals surface area contributed by atoms with Crippen molar-refractivity contribution < 1.29 is 14.3 Å². The third kappa shape index (κ3) is 4.90. The van der Waals surface area contributed by atoms with Crippen LogP contribution in [0.2, 0.25) is 0 Å². The highest BCUT2D eigenvalue weighted by Crippen LogP contribution is 2.28. The number of nitriles is 1. The molecule has 3 aromatic carbocycles. The number of anilines is 2. The van der Waals surface area contributed by atoms with Gasteiger partial charge < -0.3 is 15.0 Å². The molecule has 156 valence electrons. The molecular formula is C25H23N3O3. The smallest absolute Gasteiger partial charge is 0.350 e. The minimum Gasteiger partial charge on any atom is -0.462 e. The SMILES string of the molecule is CCOC(=O)/C(C#N)=C\Nc1ccc(C(=O)N(CC)c2cccc3ccccc23)cc1. The van der Waals surface area contributed by atoms with Crippen molar-refractivity contribution in [2.24, 2.45) is 0 Å². The number of benzene rings is 3. The van der Waals surface area contributed by atoms with Crippen molar-refractivity contribution in [3.05, 3.63) is 84.1 Å². The highest BCUT2D eigenvalue weighted by atomic mass is 16.5. The number of ether oxygens (including phenoxy) is 1. The minimum atomic E-state index is -0.682. The number of fused-ring (bicyclic) bond motifs is 1. The molecule has 0 atom stereocenters. The number of hydrogen-bond acceptors (Lipinski definition) is 5. The fraction of sp³-hybridized carbons (Fsp3) is 0.160. The first-order valence-corrected chi connectivity index (χ1v) is 10.0. The largest absolute Gasteiger partial charge is 0.462 e. The van der Waals surface area contributed by atoms with Crippen LogP contribution < -0.4 is 10.2 Å². The van der Waals surface area contributed by atoms with Gasteiger partial charge in [-0.1, -0.05) is 36.4 Å². The van der Waals surface area contributed by atoms with E-state index < -0.39 is 5.97 Å². The van der Waals surface area contributed by atoms with Crippen LogP contribution in [0.25, 0.3) is 10.8 Å². The van der Waals surface area contributed by atoms with Crippen LogP contribution in [0, 0.1) is 11.3 Å². The monoisotopic (exact) mass is 413 g/mol. The fourth-order valence-electron chi connectivity index (χ4n) is 3.23. The summed E-state index contributed by atoms with van der Waals surface area (Å²) in [4.78, 5) is 26.6. The van der Waals surface area contributed by atoms with Gasteiger partial charge in [0.25, 0.3) is 5.91 Å². The molecule has 0 saturated carbocycles. The number of hydrogen-bond donors (Lipinski definition) is 1. The lowest BCUT2D eigenvalue weighted by molar-refractivity contribution is -0.138. The van der Waals surface area contributed by atoms with Gasteiger partial charge in [0, 0.05) is 29.4 Å². The predicted octanol–water partition coefficient (Wildman–Crippen LogP) is 4.89. The zero-order valence-electron chi connectivity index (χ0n) is 17.5. The molecule has 0 aliphatic heterocycles. The molecule has 0 aliphatic carbocycles. The highest BCUT2D eigenvalue weighted by molar-refractivity contribution is 6.10. The zero-order valence-corrected chi connectivity index (χ0v) is 17.5. The van der Waals surface area contributed by atoms with Crippen LogP contribution in [0.1, 0.15) is 24.2 Å². The summed E-state index contributed by atoms with van der Waals surface area (Å²) in [5, 5.41) is 14.1. The second kappa shape index (κ2) is 10.1. The molecule has 6 heteroatoms. The summed E-state index contributed by atoms with van der Waals surface area (Å²) in [5.41, 5.74) is 1.91. The van der Waals surface area contributed by atoms with Gasteiger partial charge in [0.15, 0.2) is 5.57 Å². The number of nitrogens with zero attached hydrogens (tertiary/aromatic N) is 2. The quantitative estimate of drug-likeness (QED) is 0.339. The molecule has 0 radical (unpaired) electrons. The van der Waals surface area contributed by atoms with Gasteiger partial charge in [-0.25, -0.2) is 4.79 Å². The van der Waals surface area contributed by atoms with Gasteiger partial charge in [0.05, 0.1) is 12.3 Å². The van der Waals surface area contributed by atoms with E-state index in [-0.39, 0.29) is 18.1 Å². The van der Waals surface area contributed by atoms with Crippen molar-refractivity contribution in [3.63, 3.8) is 0 Å². The van der Waals surface area contributed by atoms with Gasteiger partial charge >= 0.3 is 5.97 Å². The molecule has 0 spiro atoms. The van der Waals surface area contributed by atoms with Crippen LogP contribution in [-0.2, 0) is 9.53 Å². The molecular weight excluding hydrogens is 390 g/mol. The van der Waals surface area contributed by atoms with Crippen molar-refractivity contribution in [3.8, 4) is 6.07 Å². The molecule has 0 aliphatic rings. The average molecular weight is 413 g/mol. The molecule has 1 amide bonds. The van der Waals surface area contributed by atoms with Crippen molar-refractivity contribution in [2.75, 3.05) is 23.4 Å². The molecule has 6 nitrogen and oxygen atoms in total. The summed E-state index contributed by atoms with van der Waals surface area (Å²) in [6.45, 7) is 4.34. The van der Waals surface area contributed by atoms with Crippen LogP contribution >= 0.6 is 0 Å². The van der Waals surface area contributed by atoms with Crippen LogP contribution in [0.5, 0.6) is 0 Å². The van der Waals surface area contributed by atoms with Crippen molar-refractivity contribution in [2.45, 2.75) is 13.8 Å². The summed E-state index contributed by atoms with van der Waals surface area (Å²) in [7, 11) is 0. The van der Waals surface area contributed by atoms with E-state index in [1.54, 1.807) is 42.2 Å². The van der Waals surface area contributed by atoms with Gasteiger partial charge in [-0.3, -0.25) is 4.79 Å². The van der Waals surface area contributed by atoms with Gasteiger partial charge in [-0.05, 0) is 49.6 Å². The Morgan fingerprint density at radius 1 is 1.03 bits per heavy atom. The molecule has 3 rings (SSSR count). The first-order chi connectivity index (χ1) is 15.1. The van der Waals surface area contributed by atoms with E-state index in [1.807, 2.05) is 49.4 Å². The number of carbonyl (C=O) groups is 2. The van der Waals surface area contributed by atoms with Gasteiger partial charge in [0.2, 0.25) is 0 Å². The highest BCUT2D eigenvalue weighted by Gasteiger charge is 2.18. The van der Waals surface area contributed by atoms with Crippen LogP contribution in [-0.4, -0.2) is 25.0 Å². The van der Waals surface area contributed by atoms with Crippen molar-refractivity contribution in [1.82, 2.24) is 0 Å². The molecule has 0 fully saturated rings. The number of carbonyl (C=O) groups excluding carboxylic acids is 2. The van der Waals surface area contributed by atoms with Crippen molar-refractivity contribution >= 4 is 34.0 Å². The Bertz CT molecular complexity index is 1160. The molecule has 0 aromatic heterocycles. The van der Waals surface area contributed by atoms with E-state index in [0.29, 0.717) is 17.8 Å². The number of amides is 1. The second-order valence-electron chi connectivity index (χ2n) is 6.66. The number of nitrogens with one attached hydrogen (secondary N) is 1. The van der Waals surface area contributed by atoms with Crippen molar-refractivity contribution in [1.29, 1.82) is 5.26 Å². The topological polar surface area (TPSA) is 82.4 Å². The van der Waals surface area contributed by atoms with Gasteiger partial charge in [-0.2, -0.15) is 5.26 Å². The Morgan fingerprint density at radius 3 is 2.42 bits per heavy atom. The standard InChI is InChI=1S/C25H23N3O3/c1-3-28(23-11-7-9-18-8-5-6-10-22(18)23)24(29)19-12-14-21(15-13-19)27-17-20(16-26)25(30)31-4-2/h5-15,17,27H,3-4H2,1-2H3/b20-17-. The third-order valence-electron chi connectivity index (χ3n) is 4.75. The number of esters is 1. The summed E-state index contributed by atoms with van der Waals surface area (Å²) in [6.07, 6.45) is 1.29. The Morgan fingerprint density at radius 2 is 1.74 bits per heavy atom. The first-order valence-electron chi connectivity index (χ1n) is 10.0. The summed E-state index contributed by atoms with van der Waals surface area (Å²) < 4.78 is 4.83. The normalized spacial score (nSPS) is 10.9. The molecule has 0 bridgehead atoms. The Labute approximate surface area is 181 Å². The lowest BCUT2D eigenvalue weighted by Crippen LogP contribution is -2.30. The fourth-order valence-corrected chi connectivity index (χ4v) is 3.23. The molecule has 31 heavy (non-hydrogen) atoms. The van der Waals surface area contributed by atoms with Crippen LogP contribution in [0.3, 0.4) is 0 Å². The summed E-state index contributed by atoms with van der Waals surface area (Å²) >= 11 is 0.